The topological polar surface area (TPSA) is 85.3 Å². The molecule has 1 aromatic carbocycles. The largest absolute Gasteiger partial charge is 0.455 e. The molecule has 1 atom stereocenters. The van der Waals surface area contributed by atoms with Gasteiger partial charge in [-0.2, -0.15) is 0 Å². The van der Waals surface area contributed by atoms with E-state index in [2.05, 4.69) is 5.32 Å². The van der Waals surface area contributed by atoms with E-state index >= 15 is 0 Å². The van der Waals surface area contributed by atoms with Crippen molar-refractivity contribution in [2.75, 3.05) is 0 Å². The Morgan fingerprint density at radius 1 is 1.17 bits per heavy atom. The maximum Gasteiger partial charge on any atom is 0.287 e. The van der Waals surface area contributed by atoms with Gasteiger partial charge in [0.05, 0.1) is 12.5 Å². The van der Waals surface area contributed by atoms with Crippen molar-refractivity contribution in [3.63, 3.8) is 0 Å². The Balaban J connectivity index is 1.63. The number of carbonyl (C=O) groups excluding carboxylic acids is 2. The van der Waals surface area contributed by atoms with Crippen LogP contribution < -0.4 is 11.1 Å². The SMILES string of the molecule is NC1=CC=CCC1NC(=O)c1ccc(CC(=O)c2ccccc2)o1. The molecule has 1 unspecified atom stereocenters. The molecule has 3 N–H and O–H groups in total. The molecule has 3 rings (SSSR count). The highest BCUT2D eigenvalue weighted by Crippen LogP contribution is 2.14. The van der Waals surface area contributed by atoms with Crippen LogP contribution in [0.5, 0.6) is 0 Å². The molecule has 122 valence electrons. The minimum atomic E-state index is -0.343. The highest BCUT2D eigenvalue weighted by atomic mass is 16.4. The summed E-state index contributed by atoms with van der Waals surface area (Å²) in [6.45, 7) is 0. The molecular weight excluding hydrogens is 304 g/mol. The molecule has 1 aliphatic rings. The summed E-state index contributed by atoms with van der Waals surface area (Å²) in [5.41, 5.74) is 7.09. The number of nitrogens with one attached hydrogen (secondary N) is 1. The summed E-state index contributed by atoms with van der Waals surface area (Å²) in [5.74, 6) is 0.237. The molecule has 5 heteroatoms. The van der Waals surface area contributed by atoms with Gasteiger partial charge in [0.2, 0.25) is 0 Å². The number of rotatable bonds is 5. The fourth-order valence-electron chi connectivity index (χ4n) is 2.50. The number of furan rings is 1. The number of hydrogen-bond acceptors (Lipinski definition) is 4. The van der Waals surface area contributed by atoms with Gasteiger partial charge in [0.1, 0.15) is 5.76 Å². The second-order valence-corrected chi connectivity index (χ2v) is 5.59. The maximum atomic E-state index is 12.2. The van der Waals surface area contributed by atoms with Crippen LogP contribution in [0, 0.1) is 0 Å². The molecular formula is C19H18N2O3. The van der Waals surface area contributed by atoms with Gasteiger partial charge in [0.25, 0.3) is 5.91 Å². The minimum absolute atomic E-state index is 0.0542. The molecule has 0 saturated carbocycles. The van der Waals surface area contributed by atoms with Crippen LogP contribution >= 0.6 is 0 Å². The molecule has 1 amide bonds. The van der Waals surface area contributed by atoms with Gasteiger partial charge in [-0.3, -0.25) is 9.59 Å². The number of allylic oxidation sites excluding steroid dienone is 2. The second kappa shape index (κ2) is 7.00. The van der Waals surface area contributed by atoms with Gasteiger partial charge in [-0.25, -0.2) is 0 Å². The van der Waals surface area contributed by atoms with Crippen LogP contribution in [0.15, 0.2) is 70.8 Å². The van der Waals surface area contributed by atoms with E-state index in [0.717, 1.165) is 0 Å². The molecule has 0 spiro atoms. The van der Waals surface area contributed by atoms with E-state index < -0.39 is 0 Å². The van der Waals surface area contributed by atoms with E-state index in [1.54, 1.807) is 30.3 Å². The molecule has 1 heterocycles. The van der Waals surface area contributed by atoms with E-state index in [9.17, 15) is 9.59 Å². The third-order valence-electron chi connectivity index (χ3n) is 3.82. The van der Waals surface area contributed by atoms with Gasteiger partial charge in [-0.05, 0) is 24.6 Å². The maximum absolute atomic E-state index is 12.2. The van der Waals surface area contributed by atoms with E-state index in [4.69, 9.17) is 10.2 Å². The molecule has 0 fully saturated rings. The van der Waals surface area contributed by atoms with Gasteiger partial charge in [0, 0.05) is 11.3 Å². The first-order chi connectivity index (χ1) is 11.6. The third kappa shape index (κ3) is 3.63. The first-order valence-electron chi connectivity index (χ1n) is 7.73. The van der Waals surface area contributed by atoms with Crippen LogP contribution in [0.25, 0.3) is 0 Å². The monoisotopic (exact) mass is 322 g/mol. The van der Waals surface area contributed by atoms with Crippen molar-refractivity contribution in [2.45, 2.75) is 18.9 Å². The van der Waals surface area contributed by atoms with Crippen LogP contribution in [0.4, 0.5) is 0 Å². The zero-order chi connectivity index (χ0) is 16.9. The van der Waals surface area contributed by atoms with Crippen molar-refractivity contribution in [1.82, 2.24) is 5.32 Å². The number of carbonyl (C=O) groups is 2. The van der Waals surface area contributed by atoms with Crippen molar-refractivity contribution >= 4 is 11.7 Å². The number of nitrogens with two attached hydrogens (primary N) is 1. The lowest BCUT2D eigenvalue weighted by Gasteiger charge is -2.19. The fourth-order valence-corrected chi connectivity index (χ4v) is 2.50. The Morgan fingerprint density at radius 2 is 1.96 bits per heavy atom. The zero-order valence-electron chi connectivity index (χ0n) is 13.1. The van der Waals surface area contributed by atoms with Crippen LogP contribution in [-0.4, -0.2) is 17.7 Å². The van der Waals surface area contributed by atoms with Gasteiger partial charge >= 0.3 is 0 Å². The molecule has 2 aromatic rings. The molecule has 1 aromatic heterocycles. The van der Waals surface area contributed by atoms with Crippen LogP contribution in [0.1, 0.15) is 33.1 Å². The van der Waals surface area contributed by atoms with Crippen LogP contribution in [0.3, 0.4) is 0 Å². The summed E-state index contributed by atoms with van der Waals surface area (Å²) in [6.07, 6.45) is 6.33. The lowest BCUT2D eigenvalue weighted by molar-refractivity contribution is 0.0906. The molecule has 0 saturated heterocycles. The van der Waals surface area contributed by atoms with E-state index in [1.165, 1.54) is 0 Å². The first-order valence-corrected chi connectivity index (χ1v) is 7.73. The molecule has 5 nitrogen and oxygen atoms in total. The van der Waals surface area contributed by atoms with E-state index in [-0.39, 0.29) is 29.9 Å². The van der Waals surface area contributed by atoms with Crippen molar-refractivity contribution in [3.8, 4) is 0 Å². The number of benzene rings is 1. The second-order valence-electron chi connectivity index (χ2n) is 5.59. The summed E-state index contributed by atoms with van der Waals surface area (Å²) in [5, 5.41) is 2.82. The molecule has 0 aliphatic heterocycles. The van der Waals surface area contributed by atoms with Crippen molar-refractivity contribution in [1.29, 1.82) is 0 Å². The smallest absolute Gasteiger partial charge is 0.287 e. The average Bonchev–Trinajstić information content (AvgIpc) is 3.06. The molecule has 0 radical (unpaired) electrons. The van der Waals surface area contributed by atoms with Crippen molar-refractivity contribution < 1.29 is 14.0 Å². The highest BCUT2D eigenvalue weighted by Gasteiger charge is 2.19. The Morgan fingerprint density at radius 3 is 2.71 bits per heavy atom. The van der Waals surface area contributed by atoms with Crippen molar-refractivity contribution in [3.05, 3.63) is 83.5 Å². The Hall–Kier alpha value is -3.08. The number of ketones is 1. The van der Waals surface area contributed by atoms with Gasteiger partial charge < -0.3 is 15.5 Å². The summed E-state index contributed by atoms with van der Waals surface area (Å²) in [7, 11) is 0. The Bertz CT molecular complexity index is 803. The van der Waals surface area contributed by atoms with E-state index in [0.29, 0.717) is 23.4 Å². The van der Waals surface area contributed by atoms with Gasteiger partial charge in [0.15, 0.2) is 11.5 Å². The number of hydrogen-bond donors (Lipinski definition) is 2. The average molecular weight is 322 g/mol. The first kappa shape index (κ1) is 15.8. The lowest BCUT2D eigenvalue weighted by atomic mass is 10.1. The van der Waals surface area contributed by atoms with Gasteiger partial charge in [-0.15, -0.1) is 0 Å². The third-order valence-corrected chi connectivity index (χ3v) is 3.82. The zero-order valence-corrected chi connectivity index (χ0v) is 13.1. The van der Waals surface area contributed by atoms with Crippen molar-refractivity contribution in [2.24, 2.45) is 5.73 Å². The Kier molecular flexibility index (Phi) is 4.61. The summed E-state index contributed by atoms with van der Waals surface area (Å²) in [4.78, 5) is 24.4. The number of amides is 1. The van der Waals surface area contributed by atoms with Crippen LogP contribution in [-0.2, 0) is 6.42 Å². The summed E-state index contributed by atoms with van der Waals surface area (Å²) >= 11 is 0. The predicted molar refractivity (Wildman–Crippen MR) is 90.5 cm³/mol. The summed E-state index contributed by atoms with van der Waals surface area (Å²) in [6, 6.07) is 12.0. The van der Waals surface area contributed by atoms with E-state index in [1.807, 2.05) is 30.4 Å². The highest BCUT2D eigenvalue weighted by molar-refractivity contribution is 5.97. The molecule has 0 bridgehead atoms. The molecule has 24 heavy (non-hydrogen) atoms. The molecule has 1 aliphatic carbocycles. The predicted octanol–water partition coefficient (Wildman–Crippen LogP) is 2.61. The minimum Gasteiger partial charge on any atom is -0.455 e. The normalized spacial score (nSPS) is 16.5. The standard InChI is InChI=1S/C19H18N2O3/c20-15-8-4-5-9-16(15)21-19(23)18-11-10-14(24-18)12-17(22)13-6-2-1-3-7-13/h1-8,10-11,16H,9,12,20H2,(H,21,23). The quantitative estimate of drug-likeness (QED) is 0.829. The number of Topliss-reactive ketones (excluding diaryl/α,β-unsaturated/α-hetero) is 1. The Labute approximate surface area is 139 Å². The van der Waals surface area contributed by atoms with Gasteiger partial charge in [-0.1, -0.05) is 42.5 Å². The fraction of sp³-hybridized carbons (Fsp3) is 0.158. The lowest BCUT2D eigenvalue weighted by Crippen LogP contribution is -2.38. The van der Waals surface area contributed by atoms with Crippen LogP contribution in [0.2, 0.25) is 0 Å². The summed E-state index contributed by atoms with van der Waals surface area (Å²) < 4.78 is 5.50.